The molecule has 0 aliphatic heterocycles. The fourth-order valence-electron chi connectivity index (χ4n) is 0.569. The monoisotopic (exact) mass is 128 g/mol. The van der Waals surface area contributed by atoms with Gasteiger partial charge in [0.15, 0.2) is 0 Å². The molecule has 0 fully saturated rings. The van der Waals surface area contributed by atoms with Gasteiger partial charge in [-0.05, 0) is 13.8 Å². The summed E-state index contributed by atoms with van der Waals surface area (Å²) in [6, 6.07) is 0. The topological polar surface area (TPSA) is 20.2 Å². The Labute approximate surface area is 57.4 Å². The van der Waals surface area contributed by atoms with Crippen molar-refractivity contribution in [2.75, 3.05) is 0 Å². The van der Waals surface area contributed by atoms with E-state index in [4.69, 9.17) is 5.11 Å². The summed E-state index contributed by atoms with van der Waals surface area (Å²) >= 11 is 0. The quantitative estimate of drug-likeness (QED) is 0.564. The highest BCUT2D eigenvalue weighted by molar-refractivity contribution is 4.95. The number of rotatable bonds is 2. The van der Waals surface area contributed by atoms with Gasteiger partial charge in [0, 0.05) is 5.41 Å². The van der Waals surface area contributed by atoms with E-state index in [1.165, 1.54) is 0 Å². The lowest BCUT2D eigenvalue weighted by atomic mass is 9.87. The van der Waals surface area contributed by atoms with Crippen LogP contribution in [0.1, 0.15) is 27.7 Å². The van der Waals surface area contributed by atoms with E-state index >= 15 is 0 Å². The fourth-order valence-corrected chi connectivity index (χ4v) is 0.569. The molecule has 0 aromatic rings. The van der Waals surface area contributed by atoms with Gasteiger partial charge in [0.1, 0.15) is 0 Å². The third kappa shape index (κ3) is 2.66. The van der Waals surface area contributed by atoms with Crippen LogP contribution in [0.4, 0.5) is 0 Å². The first kappa shape index (κ1) is 8.70. The van der Waals surface area contributed by atoms with E-state index in [0.29, 0.717) is 0 Å². The zero-order valence-electron chi connectivity index (χ0n) is 6.68. The second kappa shape index (κ2) is 3.02. The van der Waals surface area contributed by atoms with Gasteiger partial charge in [-0.2, -0.15) is 0 Å². The van der Waals surface area contributed by atoms with E-state index < -0.39 is 0 Å². The third-order valence-electron chi connectivity index (χ3n) is 1.67. The summed E-state index contributed by atoms with van der Waals surface area (Å²) in [5.74, 6) is 0. The summed E-state index contributed by atoms with van der Waals surface area (Å²) in [6.07, 6.45) is 3.71. The Bertz CT molecular complexity index is 101. The van der Waals surface area contributed by atoms with Crippen molar-refractivity contribution in [1.82, 2.24) is 0 Å². The molecule has 9 heavy (non-hydrogen) atoms. The predicted octanol–water partition coefficient (Wildman–Crippen LogP) is 1.97. The second-order valence-electron chi connectivity index (χ2n) is 3.00. The van der Waals surface area contributed by atoms with Crippen LogP contribution in [-0.2, 0) is 0 Å². The van der Waals surface area contributed by atoms with Crippen LogP contribution in [0.2, 0.25) is 0 Å². The Balaban J connectivity index is 4.01. The molecule has 0 saturated carbocycles. The minimum atomic E-state index is -0.270. The number of hydrogen-bond donors (Lipinski definition) is 1. The van der Waals surface area contributed by atoms with E-state index in [1.807, 2.05) is 32.9 Å². The van der Waals surface area contributed by atoms with Crippen molar-refractivity contribution in [3.8, 4) is 0 Å². The van der Waals surface area contributed by atoms with Crippen molar-refractivity contribution >= 4 is 0 Å². The molecule has 1 heteroatoms. The summed E-state index contributed by atoms with van der Waals surface area (Å²) in [5.41, 5.74) is -0.0747. The predicted molar refractivity (Wildman–Crippen MR) is 40.3 cm³/mol. The van der Waals surface area contributed by atoms with Crippen LogP contribution in [0.5, 0.6) is 0 Å². The molecular formula is C8H16O. The van der Waals surface area contributed by atoms with E-state index in [9.17, 15) is 0 Å². The van der Waals surface area contributed by atoms with Crippen LogP contribution >= 0.6 is 0 Å². The number of allylic oxidation sites excluding steroid dienone is 1. The van der Waals surface area contributed by atoms with Gasteiger partial charge in [-0.1, -0.05) is 26.0 Å². The van der Waals surface area contributed by atoms with Gasteiger partial charge in [-0.25, -0.2) is 0 Å². The highest BCUT2D eigenvalue weighted by atomic mass is 16.3. The van der Waals surface area contributed by atoms with Crippen molar-refractivity contribution in [3.05, 3.63) is 12.2 Å². The van der Waals surface area contributed by atoms with Crippen LogP contribution in [0, 0.1) is 5.41 Å². The SMILES string of the molecule is CC=CC(C)(C)C(C)O. The first-order valence-corrected chi connectivity index (χ1v) is 3.32. The van der Waals surface area contributed by atoms with Crippen LogP contribution in [0.3, 0.4) is 0 Å². The van der Waals surface area contributed by atoms with Crippen LogP contribution < -0.4 is 0 Å². The number of aliphatic hydroxyl groups is 1. The molecule has 0 aliphatic rings. The van der Waals surface area contributed by atoms with Gasteiger partial charge in [0.2, 0.25) is 0 Å². The van der Waals surface area contributed by atoms with Crippen molar-refractivity contribution in [1.29, 1.82) is 0 Å². The van der Waals surface area contributed by atoms with Gasteiger partial charge in [-0.3, -0.25) is 0 Å². The van der Waals surface area contributed by atoms with Crippen LogP contribution in [0.25, 0.3) is 0 Å². The van der Waals surface area contributed by atoms with Gasteiger partial charge in [0.25, 0.3) is 0 Å². The molecule has 0 aliphatic carbocycles. The first-order valence-electron chi connectivity index (χ1n) is 3.32. The summed E-state index contributed by atoms with van der Waals surface area (Å²) in [7, 11) is 0. The van der Waals surface area contributed by atoms with Crippen molar-refractivity contribution in [2.45, 2.75) is 33.8 Å². The Morgan fingerprint density at radius 3 is 2.00 bits per heavy atom. The Morgan fingerprint density at radius 1 is 1.44 bits per heavy atom. The van der Waals surface area contributed by atoms with E-state index in [-0.39, 0.29) is 11.5 Å². The molecule has 0 aromatic carbocycles. The van der Waals surface area contributed by atoms with E-state index in [2.05, 4.69) is 0 Å². The molecule has 0 aromatic heterocycles. The summed E-state index contributed by atoms with van der Waals surface area (Å²) in [5, 5.41) is 9.16. The molecule has 54 valence electrons. The standard InChI is InChI=1S/C8H16O/c1-5-6-8(3,4)7(2)9/h5-7,9H,1-4H3. The Morgan fingerprint density at radius 2 is 1.89 bits per heavy atom. The van der Waals surface area contributed by atoms with Crippen LogP contribution in [-0.4, -0.2) is 11.2 Å². The lowest BCUT2D eigenvalue weighted by Gasteiger charge is -2.23. The largest absolute Gasteiger partial charge is 0.393 e. The molecule has 0 amide bonds. The molecule has 0 saturated heterocycles. The molecule has 0 spiro atoms. The first-order chi connectivity index (χ1) is 4.00. The average molecular weight is 128 g/mol. The zero-order valence-corrected chi connectivity index (χ0v) is 6.68. The normalized spacial score (nSPS) is 16.6. The molecule has 0 heterocycles. The summed E-state index contributed by atoms with van der Waals surface area (Å²) in [4.78, 5) is 0. The molecule has 1 N–H and O–H groups in total. The van der Waals surface area contributed by atoms with Gasteiger partial charge < -0.3 is 5.11 Å². The molecule has 1 atom stereocenters. The smallest absolute Gasteiger partial charge is 0.0597 e. The fraction of sp³-hybridized carbons (Fsp3) is 0.750. The maximum absolute atomic E-state index is 9.16. The summed E-state index contributed by atoms with van der Waals surface area (Å²) in [6.45, 7) is 7.79. The van der Waals surface area contributed by atoms with Crippen molar-refractivity contribution < 1.29 is 5.11 Å². The Hall–Kier alpha value is -0.300. The van der Waals surface area contributed by atoms with Gasteiger partial charge in [-0.15, -0.1) is 0 Å². The molecule has 0 radical (unpaired) electrons. The molecular weight excluding hydrogens is 112 g/mol. The zero-order chi connectivity index (χ0) is 7.49. The van der Waals surface area contributed by atoms with E-state index in [0.717, 1.165) is 0 Å². The van der Waals surface area contributed by atoms with Crippen molar-refractivity contribution in [2.24, 2.45) is 5.41 Å². The minimum Gasteiger partial charge on any atom is -0.393 e. The molecule has 1 nitrogen and oxygen atoms in total. The molecule has 0 rings (SSSR count). The average Bonchev–Trinajstić information content (AvgIpc) is 1.65. The van der Waals surface area contributed by atoms with Crippen molar-refractivity contribution in [3.63, 3.8) is 0 Å². The number of aliphatic hydroxyl groups excluding tert-OH is 1. The third-order valence-corrected chi connectivity index (χ3v) is 1.67. The lowest BCUT2D eigenvalue weighted by molar-refractivity contribution is 0.0995. The highest BCUT2D eigenvalue weighted by Gasteiger charge is 2.19. The Kier molecular flexibility index (Phi) is 2.92. The second-order valence-corrected chi connectivity index (χ2v) is 3.00. The molecule has 1 unspecified atom stereocenters. The van der Waals surface area contributed by atoms with Crippen LogP contribution in [0.15, 0.2) is 12.2 Å². The highest BCUT2D eigenvalue weighted by Crippen LogP contribution is 2.21. The summed E-state index contributed by atoms with van der Waals surface area (Å²) < 4.78 is 0. The minimum absolute atomic E-state index is 0.0747. The maximum Gasteiger partial charge on any atom is 0.0597 e. The molecule has 0 bridgehead atoms. The number of hydrogen-bond acceptors (Lipinski definition) is 1. The van der Waals surface area contributed by atoms with Gasteiger partial charge >= 0.3 is 0 Å². The van der Waals surface area contributed by atoms with Gasteiger partial charge in [0.05, 0.1) is 6.10 Å². The maximum atomic E-state index is 9.16. The lowest BCUT2D eigenvalue weighted by Crippen LogP contribution is -2.23. The van der Waals surface area contributed by atoms with E-state index in [1.54, 1.807) is 6.92 Å².